The second-order valence-electron chi connectivity index (χ2n) is 3.23. The number of nitrogens with two attached hydrogens (primary N) is 1. The third kappa shape index (κ3) is 7.95. The molecule has 0 aliphatic carbocycles. The van der Waals surface area contributed by atoms with E-state index in [4.69, 9.17) is 18.0 Å². The van der Waals surface area contributed by atoms with Crippen molar-refractivity contribution in [1.29, 1.82) is 0 Å². The molecule has 0 saturated carbocycles. The molecular formula is C9H20N2S. The summed E-state index contributed by atoms with van der Waals surface area (Å²) < 4.78 is 0. The number of unbranched alkanes of at least 4 members (excludes halogenated alkanes) is 1. The standard InChI is InChI=1S/C9H20N2S/c1-3-4-7-11(2)8-5-6-9(10)12/h3-8H2,1-2H3,(H2,10,12). The normalized spacial score (nSPS) is 10.6. The average molecular weight is 188 g/mol. The van der Waals surface area contributed by atoms with Crippen LogP contribution in [0.2, 0.25) is 0 Å². The molecule has 0 radical (unpaired) electrons. The summed E-state index contributed by atoms with van der Waals surface area (Å²) in [5.74, 6) is 0. The van der Waals surface area contributed by atoms with Crippen LogP contribution in [0.5, 0.6) is 0 Å². The Kier molecular flexibility index (Phi) is 7.40. The molecule has 0 saturated heterocycles. The van der Waals surface area contributed by atoms with Gasteiger partial charge < -0.3 is 10.6 Å². The topological polar surface area (TPSA) is 29.3 Å². The van der Waals surface area contributed by atoms with Crippen LogP contribution in [0.1, 0.15) is 32.6 Å². The summed E-state index contributed by atoms with van der Waals surface area (Å²) in [5, 5.41) is 0. The van der Waals surface area contributed by atoms with Gasteiger partial charge in [0.15, 0.2) is 0 Å². The van der Waals surface area contributed by atoms with Crippen molar-refractivity contribution >= 4 is 17.2 Å². The van der Waals surface area contributed by atoms with Crippen molar-refractivity contribution in [2.45, 2.75) is 32.6 Å². The molecule has 2 N–H and O–H groups in total. The number of thiocarbonyl (C=S) groups is 1. The molecule has 0 bridgehead atoms. The molecule has 0 aromatic heterocycles. The second kappa shape index (κ2) is 7.50. The van der Waals surface area contributed by atoms with Crippen LogP contribution in [0.25, 0.3) is 0 Å². The van der Waals surface area contributed by atoms with Crippen molar-refractivity contribution in [3.05, 3.63) is 0 Å². The number of hydrogen-bond acceptors (Lipinski definition) is 2. The van der Waals surface area contributed by atoms with Gasteiger partial charge >= 0.3 is 0 Å². The first-order chi connectivity index (χ1) is 5.66. The van der Waals surface area contributed by atoms with Crippen LogP contribution in [-0.4, -0.2) is 30.0 Å². The predicted molar refractivity (Wildman–Crippen MR) is 58.4 cm³/mol. The Labute approximate surface area is 81.1 Å². The molecule has 0 amide bonds. The van der Waals surface area contributed by atoms with Crippen molar-refractivity contribution in [3.63, 3.8) is 0 Å². The number of rotatable bonds is 7. The fourth-order valence-corrected chi connectivity index (χ4v) is 1.21. The lowest BCUT2D eigenvalue weighted by Crippen LogP contribution is -2.22. The highest BCUT2D eigenvalue weighted by Gasteiger charge is 1.97. The van der Waals surface area contributed by atoms with Gasteiger partial charge in [-0.1, -0.05) is 25.6 Å². The highest BCUT2D eigenvalue weighted by molar-refractivity contribution is 7.80. The molecule has 0 spiro atoms. The molecular weight excluding hydrogens is 168 g/mol. The summed E-state index contributed by atoms with van der Waals surface area (Å²) in [4.78, 5) is 2.97. The zero-order chi connectivity index (χ0) is 9.40. The summed E-state index contributed by atoms with van der Waals surface area (Å²) in [6.07, 6.45) is 4.52. The van der Waals surface area contributed by atoms with Crippen molar-refractivity contribution in [2.24, 2.45) is 5.73 Å². The second-order valence-corrected chi connectivity index (χ2v) is 3.75. The van der Waals surface area contributed by atoms with E-state index in [9.17, 15) is 0 Å². The smallest absolute Gasteiger partial charge is 0.0727 e. The molecule has 0 aliphatic heterocycles. The zero-order valence-electron chi connectivity index (χ0n) is 8.18. The first-order valence-electron chi connectivity index (χ1n) is 4.63. The molecule has 72 valence electrons. The van der Waals surface area contributed by atoms with Crippen LogP contribution in [-0.2, 0) is 0 Å². The maximum atomic E-state index is 5.39. The number of nitrogens with zero attached hydrogens (tertiary/aromatic N) is 1. The molecule has 12 heavy (non-hydrogen) atoms. The molecule has 3 heteroatoms. The van der Waals surface area contributed by atoms with E-state index in [2.05, 4.69) is 18.9 Å². The maximum Gasteiger partial charge on any atom is 0.0727 e. The van der Waals surface area contributed by atoms with E-state index in [0.717, 1.165) is 19.4 Å². The minimum atomic E-state index is 0.638. The largest absolute Gasteiger partial charge is 0.393 e. The van der Waals surface area contributed by atoms with Gasteiger partial charge in [-0.15, -0.1) is 0 Å². The lowest BCUT2D eigenvalue weighted by Gasteiger charge is -2.15. The quantitative estimate of drug-likeness (QED) is 0.618. The molecule has 0 aliphatic rings. The van der Waals surface area contributed by atoms with Crippen LogP contribution in [0.15, 0.2) is 0 Å². The van der Waals surface area contributed by atoms with Crippen LogP contribution < -0.4 is 5.73 Å². The first kappa shape index (κ1) is 11.8. The third-order valence-corrected chi connectivity index (χ3v) is 2.06. The van der Waals surface area contributed by atoms with Crippen LogP contribution >= 0.6 is 12.2 Å². The monoisotopic (exact) mass is 188 g/mol. The highest BCUT2D eigenvalue weighted by Crippen LogP contribution is 1.95. The van der Waals surface area contributed by atoms with Gasteiger partial charge in [-0.05, 0) is 39.4 Å². The van der Waals surface area contributed by atoms with Gasteiger partial charge in [-0.3, -0.25) is 0 Å². The first-order valence-corrected chi connectivity index (χ1v) is 5.04. The fourth-order valence-electron chi connectivity index (χ4n) is 1.06. The van der Waals surface area contributed by atoms with E-state index < -0.39 is 0 Å². The van der Waals surface area contributed by atoms with Crippen LogP contribution in [0, 0.1) is 0 Å². The molecule has 0 heterocycles. The zero-order valence-corrected chi connectivity index (χ0v) is 8.99. The third-order valence-electron chi connectivity index (χ3n) is 1.86. The average Bonchev–Trinajstić information content (AvgIpc) is 2.00. The van der Waals surface area contributed by atoms with Crippen molar-refractivity contribution in [2.75, 3.05) is 20.1 Å². The molecule has 0 atom stereocenters. The van der Waals surface area contributed by atoms with Crippen molar-refractivity contribution in [3.8, 4) is 0 Å². The Morgan fingerprint density at radius 1 is 1.33 bits per heavy atom. The number of hydrogen-bond donors (Lipinski definition) is 1. The Bertz CT molecular complexity index is 126. The van der Waals surface area contributed by atoms with Crippen LogP contribution in [0.3, 0.4) is 0 Å². The molecule has 0 aromatic rings. The summed E-state index contributed by atoms with van der Waals surface area (Å²) in [6.45, 7) is 4.51. The highest BCUT2D eigenvalue weighted by atomic mass is 32.1. The van der Waals surface area contributed by atoms with Gasteiger partial charge in [-0.2, -0.15) is 0 Å². The molecule has 0 rings (SSSR count). The van der Waals surface area contributed by atoms with E-state index in [1.54, 1.807) is 0 Å². The molecule has 2 nitrogen and oxygen atoms in total. The molecule has 0 fully saturated rings. The Morgan fingerprint density at radius 3 is 2.42 bits per heavy atom. The fraction of sp³-hybridized carbons (Fsp3) is 0.889. The van der Waals surface area contributed by atoms with E-state index in [1.165, 1.54) is 19.4 Å². The van der Waals surface area contributed by atoms with E-state index in [0.29, 0.717) is 4.99 Å². The summed E-state index contributed by atoms with van der Waals surface area (Å²) in [6, 6.07) is 0. The Balaban J connectivity index is 3.19. The lowest BCUT2D eigenvalue weighted by atomic mass is 10.2. The van der Waals surface area contributed by atoms with E-state index in [1.807, 2.05) is 0 Å². The lowest BCUT2D eigenvalue weighted by molar-refractivity contribution is 0.326. The minimum absolute atomic E-state index is 0.638. The summed E-state index contributed by atoms with van der Waals surface area (Å²) >= 11 is 4.79. The predicted octanol–water partition coefficient (Wildman–Crippen LogP) is 1.78. The van der Waals surface area contributed by atoms with Gasteiger partial charge in [0.1, 0.15) is 0 Å². The Hall–Kier alpha value is -0.150. The Morgan fingerprint density at radius 2 is 1.92 bits per heavy atom. The van der Waals surface area contributed by atoms with Gasteiger partial charge in [0.2, 0.25) is 0 Å². The summed E-state index contributed by atoms with van der Waals surface area (Å²) in [5.41, 5.74) is 5.39. The molecule has 0 unspecified atom stereocenters. The van der Waals surface area contributed by atoms with Gasteiger partial charge in [0.25, 0.3) is 0 Å². The molecule has 0 aromatic carbocycles. The van der Waals surface area contributed by atoms with Crippen molar-refractivity contribution < 1.29 is 0 Å². The SMILES string of the molecule is CCCCN(C)CCCC(N)=S. The van der Waals surface area contributed by atoms with Crippen molar-refractivity contribution in [1.82, 2.24) is 4.90 Å². The maximum absolute atomic E-state index is 5.39. The van der Waals surface area contributed by atoms with Gasteiger partial charge in [0.05, 0.1) is 4.99 Å². The van der Waals surface area contributed by atoms with Crippen LogP contribution in [0.4, 0.5) is 0 Å². The van der Waals surface area contributed by atoms with Gasteiger partial charge in [0, 0.05) is 0 Å². The summed E-state index contributed by atoms with van der Waals surface area (Å²) in [7, 11) is 2.15. The van der Waals surface area contributed by atoms with Gasteiger partial charge in [-0.25, -0.2) is 0 Å². The van der Waals surface area contributed by atoms with E-state index >= 15 is 0 Å². The minimum Gasteiger partial charge on any atom is -0.393 e. The van der Waals surface area contributed by atoms with E-state index in [-0.39, 0.29) is 0 Å².